The quantitative estimate of drug-likeness (QED) is 0.749. The van der Waals surface area contributed by atoms with Crippen LogP contribution >= 0.6 is 0 Å². The molecule has 0 bridgehead atoms. The number of hydrogen-bond acceptors (Lipinski definition) is 2. The smallest absolute Gasteiger partial charge is 0.317 e. The largest absolute Gasteiger partial charge is 0.333 e. The van der Waals surface area contributed by atoms with E-state index in [-0.39, 0.29) is 11.6 Å². The molecule has 0 radical (unpaired) electrons. The molecule has 1 rings (SSSR count). The van der Waals surface area contributed by atoms with Gasteiger partial charge < -0.3 is 15.5 Å². The zero-order valence-electron chi connectivity index (χ0n) is 11.0. The van der Waals surface area contributed by atoms with Crippen molar-refractivity contribution in [1.82, 2.24) is 15.5 Å². The van der Waals surface area contributed by atoms with Crippen molar-refractivity contribution >= 4 is 6.03 Å². The first kappa shape index (κ1) is 13.3. The molecule has 1 fully saturated rings. The van der Waals surface area contributed by atoms with Crippen molar-refractivity contribution in [3.63, 3.8) is 0 Å². The maximum absolute atomic E-state index is 12.0. The minimum Gasteiger partial charge on any atom is -0.333 e. The van der Waals surface area contributed by atoms with Crippen molar-refractivity contribution in [2.75, 3.05) is 26.7 Å². The molecule has 16 heavy (non-hydrogen) atoms. The highest BCUT2D eigenvalue weighted by Crippen LogP contribution is 2.16. The lowest BCUT2D eigenvalue weighted by Crippen LogP contribution is -2.52. The number of hydrogen-bond donors (Lipinski definition) is 2. The average molecular weight is 227 g/mol. The fraction of sp³-hybridized carbons (Fsp3) is 0.917. The van der Waals surface area contributed by atoms with E-state index in [2.05, 4.69) is 10.6 Å². The van der Waals surface area contributed by atoms with Crippen LogP contribution in [0.2, 0.25) is 0 Å². The lowest BCUT2D eigenvalue weighted by molar-refractivity contribution is 0.158. The third-order valence-corrected chi connectivity index (χ3v) is 2.78. The molecule has 1 aliphatic heterocycles. The van der Waals surface area contributed by atoms with Crippen molar-refractivity contribution in [3.8, 4) is 0 Å². The fourth-order valence-corrected chi connectivity index (χ4v) is 2.10. The Kier molecular flexibility index (Phi) is 4.59. The number of carbonyl (C=O) groups excluding carboxylic acids is 1. The van der Waals surface area contributed by atoms with Crippen molar-refractivity contribution in [2.45, 2.75) is 39.2 Å². The summed E-state index contributed by atoms with van der Waals surface area (Å²) in [6.45, 7) is 8.81. The first-order valence-corrected chi connectivity index (χ1v) is 6.14. The van der Waals surface area contributed by atoms with Crippen LogP contribution in [0.3, 0.4) is 0 Å². The number of urea groups is 1. The number of nitrogens with zero attached hydrogens (tertiary/aromatic N) is 1. The standard InChI is InChI=1S/C12H25N3O/c1-12(2,3)14-11(16)15-7-5-6-10(9-15)8-13-4/h10,13H,5-9H2,1-4H3,(H,14,16). The van der Waals surface area contributed by atoms with Crippen LogP contribution in [0.1, 0.15) is 33.6 Å². The highest BCUT2D eigenvalue weighted by molar-refractivity contribution is 5.75. The van der Waals surface area contributed by atoms with E-state index in [1.165, 1.54) is 6.42 Å². The van der Waals surface area contributed by atoms with Gasteiger partial charge in [0, 0.05) is 18.6 Å². The van der Waals surface area contributed by atoms with Gasteiger partial charge in [0.2, 0.25) is 0 Å². The summed E-state index contributed by atoms with van der Waals surface area (Å²) in [4.78, 5) is 13.9. The summed E-state index contributed by atoms with van der Waals surface area (Å²) in [5.74, 6) is 0.601. The Morgan fingerprint density at radius 1 is 1.44 bits per heavy atom. The number of piperidine rings is 1. The molecular weight excluding hydrogens is 202 g/mol. The Morgan fingerprint density at radius 3 is 2.69 bits per heavy atom. The van der Waals surface area contributed by atoms with Gasteiger partial charge in [-0.05, 0) is 53.1 Å². The minimum atomic E-state index is -0.146. The van der Waals surface area contributed by atoms with E-state index in [9.17, 15) is 4.79 Å². The van der Waals surface area contributed by atoms with Gasteiger partial charge in [0.25, 0.3) is 0 Å². The van der Waals surface area contributed by atoms with Crippen molar-refractivity contribution in [3.05, 3.63) is 0 Å². The summed E-state index contributed by atoms with van der Waals surface area (Å²) in [5, 5.41) is 6.20. The Labute approximate surface area is 98.8 Å². The number of nitrogens with one attached hydrogen (secondary N) is 2. The topological polar surface area (TPSA) is 44.4 Å². The molecule has 2 amide bonds. The van der Waals surface area contributed by atoms with Gasteiger partial charge in [-0.15, -0.1) is 0 Å². The molecule has 0 aromatic rings. The second-order valence-electron chi connectivity index (χ2n) is 5.69. The highest BCUT2D eigenvalue weighted by atomic mass is 16.2. The van der Waals surface area contributed by atoms with Crippen LogP contribution in [0.25, 0.3) is 0 Å². The van der Waals surface area contributed by atoms with E-state index in [0.717, 1.165) is 26.1 Å². The van der Waals surface area contributed by atoms with E-state index < -0.39 is 0 Å². The SMILES string of the molecule is CNCC1CCCN(C(=O)NC(C)(C)C)C1. The number of rotatable bonds is 2. The number of carbonyl (C=O) groups is 1. The zero-order valence-corrected chi connectivity index (χ0v) is 11.0. The summed E-state index contributed by atoms with van der Waals surface area (Å²) in [6, 6.07) is 0.0771. The van der Waals surface area contributed by atoms with E-state index in [0.29, 0.717) is 5.92 Å². The molecule has 0 aliphatic carbocycles. The molecule has 0 aromatic heterocycles. The molecule has 1 heterocycles. The Hall–Kier alpha value is -0.770. The van der Waals surface area contributed by atoms with Crippen molar-refractivity contribution in [2.24, 2.45) is 5.92 Å². The molecule has 1 saturated heterocycles. The van der Waals surface area contributed by atoms with E-state index >= 15 is 0 Å². The van der Waals surface area contributed by atoms with Crippen LogP contribution in [0.4, 0.5) is 4.79 Å². The van der Waals surface area contributed by atoms with Crippen molar-refractivity contribution < 1.29 is 4.79 Å². The van der Waals surface area contributed by atoms with Gasteiger partial charge in [0.05, 0.1) is 0 Å². The number of likely N-dealkylation sites (tertiary alicyclic amines) is 1. The molecular formula is C12H25N3O. The van der Waals surface area contributed by atoms with Crippen LogP contribution in [0.15, 0.2) is 0 Å². The summed E-state index contributed by atoms with van der Waals surface area (Å²) < 4.78 is 0. The van der Waals surface area contributed by atoms with Crippen LogP contribution in [-0.2, 0) is 0 Å². The number of amides is 2. The molecule has 4 nitrogen and oxygen atoms in total. The van der Waals surface area contributed by atoms with Gasteiger partial charge in [-0.25, -0.2) is 4.79 Å². The lowest BCUT2D eigenvalue weighted by Gasteiger charge is -2.35. The van der Waals surface area contributed by atoms with Gasteiger partial charge in [-0.1, -0.05) is 0 Å². The average Bonchev–Trinajstić information content (AvgIpc) is 2.16. The Morgan fingerprint density at radius 2 is 2.12 bits per heavy atom. The van der Waals surface area contributed by atoms with E-state index in [1.54, 1.807) is 0 Å². The van der Waals surface area contributed by atoms with E-state index in [4.69, 9.17) is 0 Å². The molecule has 0 aromatic carbocycles. The fourth-order valence-electron chi connectivity index (χ4n) is 2.10. The van der Waals surface area contributed by atoms with Gasteiger partial charge in [0.15, 0.2) is 0 Å². The third kappa shape index (κ3) is 4.39. The molecule has 0 saturated carbocycles. The molecule has 1 aliphatic rings. The molecule has 0 spiro atoms. The summed E-state index contributed by atoms with van der Waals surface area (Å²) in [7, 11) is 1.97. The minimum absolute atomic E-state index is 0.0771. The monoisotopic (exact) mass is 227 g/mol. The van der Waals surface area contributed by atoms with E-state index in [1.807, 2.05) is 32.7 Å². The lowest BCUT2D eigenvalue weighted by atomic mass is 9.98. The summed E-state index contributed by atoms with van der Waals surface area (Å²) in [6.07, 6.45) is 2.34. The first-order valence-electron chi connectivity index (χ1n) is 6.14. The van der Waals surface area contributed by atoms with Gasteiger partial charge in [-0.3, -0.25) is 0 Å². The molecule has 1 unspecified atom stereocenters. The maximum atomic E-state index is 12.0. The zero-order chi connectivity index (χ0) is 12.2. The predicted molar refractivity (Wildman–Crippen MR) is 66.5 cm³/mol. The second-order valence-corrected chi connectivity index (χ2v) is 5.69. The van der Waals surface area contributed by atoms with Crippen LogP contribution in [0.5, 0.6) is 0 Å². The van der Waals surface area contributed by atoms with Crippen LogP contribution < -0.4 is 10.6 Å². The van der Waals surface area contributed by atoms with Gasteiger partial charge >= 0.3 is 6.03 Å². The van der Waals surface area contributed by atoms with Gasteiger partial charge in [0.1, 0.15) is 0 Å². The highest BCUT2D eigenvalue weighted by Gasteiger charge is 2.25. The normalized spacial score (nSPS) is 22.0. The maximum Gasteiger partial charge on any atom is 0.317 e. The van der Waals surface area contributed by atoms with Crippen molar-refractivity contribution in [1.29, 1.82) is 0 Å². The molecule has 1 atom stereocenters. The Balaban J connectivity index is 2.44. The summed E-state index contributed by atoms with van der Waals surface area (Å²) in [5.41, 5.74) is -0.146. The first-order chi connectivity index (χ1) is 7.42. The molecule has 94 valence electrons. The second kappa shape index (κ2) is 5.53. The van der Waals surface area contributed by atoms with Gasteiger partial charge in [-0.2, -0.15) is 0 Å². The predicted octanol–water partition coefficient (Wildman–Crippen LogP) is 1.43. The third-order valence-electron chi connectivity index (χ3n) is 2.78. The Bertz CT molecular complexity index is 233. The molecule has 2 N–H and O–H groups in total. The van der Waals surface area contributed by atoms with Crippen LogP contribution in [-0.4, -0.2) is 43.2 Å². The molecule has 4 heteroatoms. The van der Waals surface area contributed by atoms with Crippen LogP contribution in [0, 0.1) is 5.92 Å². The summed E-state index contributed by atoms with van der Waals surface area (Å²) >= 11 is 0.